The lowest BCUT2D eigenvalue weighted by Crippen LogP contribution is -2.30. The van der Waals surface area contributed by atoms with Crippen LogP contribution in [0.1, 0.15) is 40.6 Å². The van der Waals surface area contributed by atoms with Crippen LogP contribution >= 0.6 is 11.3 Å². The van der Waals surface area contributed by atoms with E-state index in [1.807, 2.05) is 0 Å². The van der Waals surface area contributed by atoms with Gasteiger partial charge in [0.15, 0.2) is 0 Å². The molecule has 1 saturated heterocycles. The highest BCUT2D eigenvalue weighted by Crippen LogP contribution is 2.25. The fraction of sp³-hybridized carbons (Fsp3) is 0.611. The highest BCUT2D eigenvalue weighted by molar-refractivity contribution is 7.09. The van der Waals surface area contributed by atoms with E-state index in [-0.39, 0.29) is 0 Å². The monoisotopic (exact) mass is 432 g/mol. The Bertz CT molecular complexity index is 831. The number of rotatable bonds is 4. The molecule has 1 fully saturated rings. The molecule has 2 aliphatic heterocycles. The van der Waals surface area contributed by atoms with E-state index in [2.05, 4.69) is 32.2 Å². The lowest BCUT2D eigenvalue weighted by Gasteiger charge is -2.25. The van der Waals surface area contributed by atoms with Crippen molar-refractivity contribution in [1.29, 1.82) is 0 Å². The van der Waals surface area contributed by atoms with E-state index in [1.54, 1.807) is 11.3 Å². The molecule has 0 atom stereocenters. The highest BCUT2D eigenvalue weighted by Gasteiger charge is 2.38. The Kier molecular flexibility index (Phi) is 6.91. The summed E-state index contributed by atoms with van der Waals surface area (Å²) >= 11 is 1.73. The van der Waals surface area contributed by atoms with E-state index in [9.17, 15) is 13.2 Å². The number of thiazole rings is 1. The molecule has 0 radical (unpaired) electrons. The van der Waals surface area contributed by atoms with E-state index < -0.39 is 12.1 Å². The Morgan fingerprint density at radius 3 is 2.52 bits per heavy atom. The molecule has 0 unspecified atom stereocenters. The first-order valence-corrected chi connectivity index (χ1v) is 10.2. The number of carboxylic acids is 1. The molecule has 2 aromatic heterocycles. The molecule has 4 rings (SSSR count). The molecule has 4 heterocycles. The summed E-state index contributed by atoms with van der Waals surface area (Å²) in [7, 11) is 0. The normalized spacial score (nSPS) is 17.7. The Labute approximate surface area is 170 Å². The van der Waals surface area contributed by atoms with Crippen molar-refractivity contribution >= 4 is 17.3 Å². The van der Waals surface area contributed by atoms with Gasteiger partial charge in [0.25, 0.3) is 0 Å². The van der Waals surface area contributed by atoms with Crippen molar-refractivity contribution in [3.05, 3.63) is 33.1 Å². The molecule has 0 spiro atoms. The predicted octanol–water partition coefficient (Wildman–Crippen LogP) is 3.23. The minimum absolute atomic E-state index is 0.929. The first kappa shape index (κ1) is 21.7. The lowest BCUT2D eigenvalue weighted by molar-refractivity contribution is -0.192. The number of carboxylic acid groups (broad SMARTS) is 1. The zero-order valence-electron chi connectivity index (χ0n) is 16.0. The maximum Gasteiger partial charge on any atom is 0.490 e. The molecule has 29 heavy (non-hydrogen) atoms. The molecule has 0 amide bonds. The molecule has 7 nitrogen and oxygen atoms in total. The van der Waals surface area contributed by atoms with Gasteiger partial charge in [0.05, 0.1) is 10.7 Å². The van der Waals surface area contributed by atoms with Crippen LogP contribution in [0.2, 0.25) is 0 Å². The van der Waals surface area contributed by atoms with Crippen LogP contribution in [0.4, 0.5) is 13.2 Å². The molecule has 2 aromatic rings. The van der Waals surface area contributed by atoms with Gasteiger partial charge >= 0.3 is 12.1 Å². The van der Waals surface area contributed by atoms with Gasteiger partial charge in [0.2, 0.25) is 0 Å². The third kappa shape index (κ3) is 6.00. The van der Waals surface area contributed by atoms with Crippen LogP contribution in [-0.2, 0) is 30.8 Å². The predicted molar refractivity (Wildman–Crippen MR) is 99.4 cm³/mol. The molecule has 160 valence electrons. The minimum Gasteiger partial charge on any atom is -0.475 e. The van der Waals surface area contributed by atoms with Crippen molar-refractivity contribution in [2.75, 3.05) is 19.6 Å². The van der Waals surface area contributed by atoms with E-state index in [0.29, 0.717) is 0 Å². The molecule has 2 aliphatic rings. The molecular formula is C18H23F3N4O3S. The Morgan fingerprint density at radius 2 is 1.93 bits per heavy atom. The summed E-state index contributed by atoms with van der Waals surface area (Å²) in [5, 5.41) is 14.8. The molecule has 0 aliphatic carbocycles. The first-order valence-electron chi connectivity index (χ1n) is 9.34. The van der Waals surface area contributed by atoms with Gasteiger partial charge in [0, 0.05) is 43.5 Å². The number of alkyl halides is 3. The third-order valence-corrected chi connectivity index (χ3v) is 5.68. The smallest absolute Gasteiger partial charge is 0.475 e. The zero-order valence-corrected chi connectivity index (χ0v) is 16.9. The summed E-state index contributed by atoms with van der Waals surface area (Å²) in [6.07, 6.45) is -1.49. The van der Waals surface area contributed by atoms with Gasteiger partial charge in [-0.15, -0.1) is 11.3 Å². The largest absolute Gasteiger partial charge is 0.490 e. The number of likely N-dealkylation sites (tertiary alicyclic amines) is 1. The summed E-state index contributed by atoms with van der Waals surface area (Å²) in [4.78, 5) is 18.4. The summed E-state index contributed by atoms with van der Waals surface area (Å²) in [6.45, 7) is 8.31. The van der Waals surface area contributed by atoms with Crippen LogP contribution < -0.4 is 0 Å². The number of halogens is 3. The molecule has 0 bridgehead atoms. The fourth-order valence-corrected chi connectivity index (χ4v) is 4.05. The molecule has 1 N–H and O–H groups in total. The summed E-state index contributed by atoms with van der Waals surface area (Å²) in [6, 6.07) is 0. The Balaban J connectivity index is 0.000000298. The van der Waals surface area contributed by atoms with Gasteiger partial charge in [-0.3, -0.25) is 9.80 Å². The second-order valence-electron chi connectivity index (χ2n) is 7.14. The van der Waals surface area contributed by atoms with Crippen molar-refractivity contribution in [2.24, 2.45) is 0 Å². The van der Waals surface area contributed by atoms with Crippen molar-refractivity contribution in [1.82, 2.24) is 19.9 Å². The summed E-state index contributed by atoms with van der Waals surface area (Å²) < 4.78 is 37.3. The van der Waals surface area contributed by atoms with Crippen molar-refractivity contribution in [3.8, 4) is 0 Å². The van der Waals surface area contributed by atoms with Crippen LogP contribution in [0.3, 0.4) is 0 Å². The van der Waals surface area contributed by atoms with Crippen molar-refractivity contribution in [3.63, 3.8) is 0 Å². The highest BCUT2D eigenvalue weighted by atomic mass is 32.1. The van der Waals surface area contributed by atoms with E-state index >= 15 is 0 Å². The minimum atomic E-state index is -5.08. The van der Waals surface area contributed by atoms with Crippen molar-refractivity contribution < 1.29 is 27.6 Å². The number of aryl methyl sites for hydroxylation is 1. The maximum atomic E-state index is 10.6. The Hall–Kier alpha value is -1.98. The maximum absolute atomic E-state index is 10.6. The zero-order chi connectivity index (χ0) is 21.0. The van der Waals surface area contributed by atoms with Gasteiger partial charge in [-0.1, -0.05) is 5.16 Å². The standard InChI is InChI=1S/C16H22N4OS.C2HF3O2/c1-12-17-13(11-22-12)8-20-7-4-16-14(9-20)15(18-21-16)10-19-5-2-3-6-19;3-2(4,5)1(6)7/h11H,2-10H2,1H3;(H,6,7). The van der Waals surface area contributed by atoms with E-state index in [0.717, 1.165) is 49.1 Å². The van der Waals surface area contributed by atoms with Crippen LogP contribution in [-0.4, -0.2) is 56.8 Å². The van der Waals surface area contributed by atoms with Crippen LogP contribution in [0.15, 0.2) is 9.90 Å². The molecule has 11 heteroatoms. The number of aliphatic carboxylic acids is 1. The number of aromatic nitrogens is 2. The van der Waals surface area contributed by atoms with Gasteiger partial charge < -0.3 is 9.63 Å². The quantitative estimate of drug-likeness (QED) is 0.794. The molecular weight excluding hydrogens is 409 g/mol. The number of fused-ring (bicyclic) bond motifs is 1. The van der Waals surface area contributed by atoms with Crippen molar-refractivity contribution in [2.45, 2.75) is 52.0 Å². The SMILES string of the molecule is Cc1nc(CN2CCc3onc(CN4CCCC4)c3C2)cs1.O=C(O)C(F)(F)F. The number of hydrogen-bond acceptors (Lipinski definition) is 7. The van der Waals surface area contributed by atoms with Crippen LogP contribution in [0, 0.1) is 6.92 Å². The average molecular weight is 432 g/mol. The van der Waals surface area contributed by atoms with Gasteiger partial charge in [-0.05, 0) is 32.9 Å². The second kappa shape index (κ2) is 9.23. The molecule has 0 saturated carbocycles. The van der Waals surface area contributed by atoms with E-state index in [1.165, 1.54) is 37.2 Å². The lowest BCUT2D eigenvalue weighted by atomic mass is 10.1. The number of hydrogen-bond donors (Lipinski definition) is 1. The van der Waals surface area contributed by atoms with Crippen LogP contribution in [0.5, 0.6) is 0 Å². The van der Waals surface area contributed by atoms with Gasteiger partial charge in [-0.2, -0.15) is 13.2 Å². The topological polar surface area (TPSA) is 82.7 Å². The molecule has 0 aromatic carbocycles. The summed E-state index contributed by atoms with van der Waals surface area (Å²) in [5.41, 5.74) is 3.66. The van der Waals surface area contributed by atoms with Gasteiger partial charge in [-0.25, -0.2) is 9.78 Å². The fourth-order valence-electron chi connectivity index (χ4n) is 3.44. The summed E-state index contributed by atoms with van der Waals surface area (Å²) in [5.74, 6) is -1.66. The number of nitrogens with zero attached hydrogens (tertiary/aromatic N) is 4. The Morgan fingerprint density at radius 1 is 1.24 bits per heavy atom. The number of carbonyl (C=O) groups is 1. The first-order chi connectivity index (χ1) is 13.7. The van der Waals surface area contributed by atoms with Gasteiger partial charge in [0.1, 0.15) is 11.5 Å². The van der Waals surface area contributed by atoms with Crippen LogP contribution in [0.25, 0.3) is 0 Å². The third-order valence-electron chi connectivity index (χ3n) is 4.85. The average Bonchev–Trinajstić information content (AvgIpc) is 3.38. The van der Waals surface area contributed by atoms with E-state index in [4.69, 9.17) is 14.4 Å². The second-order valence-corrected chi connectivity index (χ2v) is 8.20.